The lowest BCUT2D eigenvalue weighted by atomic mass is 9.93. The molecular weight excluding hydrogens is 157 g/mol. The molecule has 0 bridgehead atoms. The predicted octanol–water partition coefficient (Wildman–Crippen LogP) is 3.00. The molecule has 2 nitrogen and oxygen atoms in total. The Bertz CT molecular complexity index is 260. The van der Waals surface area contributed by atoms with Gasteiger partial charge in [-0.15, -0.1) is 0 Å². The molecule has 0 spiro atoms. The second-order valence-electron chi connectivity index (χ2n) is 3.98. The highest BCUT2D eigenvalue weighted by Crippen LogP contribution is 2.25. The molecule has 0 aliphatic rings. The summed E-state index contributed by atoms with van der Waals surface area (Å²) in [6.45, 7) is 7.45. The topological polar surface area (TPSA) is 26.0 Å². The van der Waals surface area contributed by atoms with Crippen LogP contribution in [-0.4, -0.2) is 5.16 Å². The molecule has 0 aliphatic carbocycles. The quantitative estimate of drug-likeness (QED) is 0.649. The molecule has 1 aromatic heterocycles. The normalized spacial score (nSPS) is 14.8. The number of hydrogen-bond donors (Lipinski definition) is 0. The summed E-state index contributed by atoms with van der Waals surface area (Å²) in [6.07, 6.45) is -1.05. The van der Waals surface area contributed by atoms with Gasteiger partial charge in [0.25, 0.3) is 0 Å². The largest absolute Gasteiger partial charge is 0.360 e. The van der Waals surface area contributed by atoms with E-state index < -0.39 is 6.17 Å². The van der Waals surface area contributed by atoms with Crippen LogP contribution < -0.4 is 0 Å². The van der Waals surface area contributed by atoms with E-state index in [2.05, 4.69) is 5.16 Å². The van der Waals surface area contributed by atoms with Crippen molar-refractivity contribution in [2.45, 2.75) is 39.3 Å². The van der Waals surface area contributed by atoms with E-state index in [1.807, 2.05) is 20.8 Å². The summed E-state index contributed by atoms with van der Waals surface area (Å²) in [5.41, 5.74) is 0.278. The molecule has 68 valence electrons. The predicted molar refractivity (Wildman–Crippen MR) is 44.7 cm³/mol. The Morgan fingerprint density at radius 1 is 1.50 bits per heavy atom. The molecule has 1 rings (SSSR count). The molecule has 0 radical (unpaired) electrons. The third-order valence-corrected chi connectivity index (χ3v) is 1.68. The highest BCUT2D eigenvalue weighted by molar-refractivity contribution is 5.14. The average molecular weight is 171 g/mol. The number of halogens is 1. The summed E-state index contributed by atoms with van der Waals surface area (Å²) in [7, 11) is 0. The molecule has 1 unspecified atom stereocenters. The number of aromatic nitrogens is 1. The zero-order chi connectivity index (χ0) is 9.35. The number of hydrogen-bond acceptors (Lipinski definition) is 2. The third-order valence-electron chi connectivity index (χ3n) is 1.68. The van der Waals surface area contributed by atoms with E-state index in [9.17, 15) is 4.39 Å². The maximum atomic E-state index is 12.7. The molecule has 0 fully saturated rings. The highest BCUT2D eigenvalue weighted by atomic mass is 19.1. The second-order valence-corrected chi connectivity index (χ2v) is 3.98. The first-order chi connectivity index (χ1) is 5.41. The van der Waals surface area contributed by atoms with E-state index >= 15 is 0 Å². The Morgan fingerprint density at radius 3 is 2.33 bits per heavy atom. The molecule has 0 aromatic carbocycles. The van der Waals surface area contributed by atoms with Crippen LogP contribution in [0.3, 0.4) is 0 Å². The average Bonchev–Trinajstić information content (AvgIpc) is 2.30. The molecule has 0 N–H and O–H groups in total. The van der Waals surface area contributed by atoms with Gasteiger partial charge in [-0.1, -0.05) is 25.9 Å². The minimum atomic E-state index is -1.05. The van der Waals surface area contributed by atoms with Crippen molar-refractivity contribution in [3.63, 3.8) is 0 Å². The van der Waals surface area contributed by atoms with E-state index in [0.29, 0.717) is 5.69 Å². The summed E-state index contributed by atoms with van der Waals surface area (Å²) < 4.78 is 17.7. The van der Waals surface area contributed by atoms with E-state index in [1.54, 1.807) is 6.07 Å². The van der Waals surface area contributed by atoms with Crippen molar-refractivity contribution in [2.24, 2.45) is 0 Å². The minimum absolute atomic E-state index is 0.0971. The van der Waals surface area contributed by atoms with E-state index in [1.165, 1.54) is 6.92 Å². The lowest BCUT2D eigenvalue weighted by molar-refractivity contribution is 0.303. The zero-order valence-corrected chi connectivity index (χ0v) is 7.89. The summed E-state index contributed by atoms with van der Waals surface area (Å²) in [4.78, 5) is 0. The van der Waals surface area contributed by atoms with Crippen LogP contribution in [-0.2, 0) is 5.41 Å². The van der Waals surface area contributed by atoms with Crippen LogP contribution in [0.4, 0.5) is 4.39 Å². The van der Waals surface area contributed by atoms with Crippen molar-refractivity contribution in [1.29, 1.82) is 0 Å². The van der Waals surface area contributed by atoms with Crippen LogP contribution in [0.15, 0.2) is 10.6 Å². The van der Waals surface area contributed by atoms with Gasteiger partial charge in [0.2, 0.25) is 0 Å². The number of alkyl halides is 1. The number of rotatable bonds is 1. The second kappa shape index (κ2) is 2.88. The van der Waals surface area contributed by atoms with Crippen molar-refractivity contribution < 1.29 is 8.91 Å². The van der Waals surface area contributed by atoms with Gasteiger partial charge in [0, 0.05) is 11.5 Å². The lowest BCUT2D eigenvalue weighted by Crippen LogP contribution is -2.09. The molecule has 0 saturated carbocycles. The van der Waals surface area contributed by atoms with Crippen LogP contribution in [0.1, 0.15) is 45.3 Å². The molecule has 12 heavy (non-hydrogen) atoms. The van der Waals surface area contributed by atoms with Crippen molar-refractivity contribution in [1.82, 2.24) is 5.16 Å². The minimum Gasteiger partial charge on any atom is -0.360 e. The van der Waals surface area contributed by atoms with E-state index in [-0.39, 0.29) is 5.41 Å². The Balaban J connectivity index is 2.92. The van der Waals surface area contributed by atoms with Gasteiger partial charge in [0.15, 0.2) is 0 Å². The molecule has 1 aromatic rings. The van der Waals surface area contributed by atoms with Gasteiger partial charge in [-0.3, -0.25) is 0 Å². The van der Waals surface area contributed by atoms with Crippen LogP contribution >= 0.6 is 0 Å². The SMILES string of the molecule is CC(F)c1cc(C(C)(C)C)on1. The Labute approximate surface area is 71.8 Å². The van der Waals surface area contributed by atoms with Gasteiger partial charge in [-0.05, 0) is 6.92 Å². The monoisotopic (exact) mass is 171 g/mol. The Hall–Kier alpha value is -0.860. The Morgan fingerprint density at radius 2 is 2.08 bits per heavy atom. The van der Waals surface area contributed by atoms with Gasteiger partial charge in [-0.2, -0.15) is 0 Å². The van der Waals surface area contributed by atoms with Crippen molar-refractivity contribution in [3.8, 4) is 0 Å². The van der Waals surface area contributed by atoms with Crippen molar-refractivity contribution in [3.05, 3.63) is 17.5 Å². The summed E-state index contributed by atoms with van der Waals surface area (Å²) >= 11 is 0. The molecule has 0 saturated heterocycles. The van der Waals surface area contributed by atoms with E-state index in [4.69, 9.17) is 4.52 Å². The van der Waals surface area contributed by atoms with Gasteiger partial charge >= 0.3 is 0 Å². The van der Waals surface area contributed by atoms with Crippen molar-refractivity contribution in [2.75, 3.05) is 0 Å². The van der Waals surface area contributed by atoms with Crippen LogP contribution in [0.25, 0.3) is 0 Å². The van der Waals surface area contributed by atoms with Gasteiger partial charge in [0.05, 0.1) is 0 Å². The number of nitrogens with zero attached hydrogens (tertiary/aromatic N) is 1. The lowest BCUT2D eigenvalue weighted by Gasteiger charge is -2.12. The molecule has 3 heteroatoms. The van der Waals surface area contributed by atoms with Gasteiger partial charge < -0.3 is 4.52 Å². The first-order valence-corrected chi connectivity index (χ1v) is 4.02. The summed E-state index contributed by atoms with van der Waals surface area (Å²) in [5, 5.41) is 3.63. The molecule has 1 atom stereocenters. The maximum Gasteiger partial charge on any atom is 0.143 e. The maximum absolute atomic E-state index is 12.7. The van der Waals surface area contributed by atoms with Crippen LogP contribution in [0.5, 0.6) is 0 Å². The van der Waals surface area contributed by atoms with Crippen LogP contribution in [0, 0.1) is 0 Å². The Kier molecular flexibility index (Phi) is 2.22. The standard InChI is InChI=1S/C9H14FNO/c1-6(10)7-5-8(12-11-7)9(2,3)4/h5-6H,1-4H3. The molecule has 0 amide bonds. The molecular formula is C9H14FNO. The molecule has 1 heterocycles. The summed E-state index contributed by atoms with van der Waals surface area (Å²) in [6, 6.07) is 1.67. The highest BCUT2D eigenvalue weighted by Gasteiger charge is 2.21. The van der Waals surface area contributed by atoms with Crippen LogP contribution in [0.2, 0.25) is 0 Å². The smallest absolute Gasteiger partial charge is 0.143 e. The van der Waals surface area contributed by atoms with Gasteiger partial charge in [-0.25, -0.2) is 4.39 Å². The summed E-state index contributed by atoms with van der Waals surface area (Å²) in [5.74, 6) is 0.724. The van der Waals surface area contributed by atoms with E-state index in [0.717, 1.165) is 5.76 Å². The fourth-order valence-electron chi connectivity index (χ4n) is 0.830. The van der Waals surface area contributed by atoms with Gasteiger partial charge in [0.1, 0.15) is 17.6 Å². The fourth-order valence-corrected chi connectivity index (χ4v) is 0.830. The molecule has 0 aliphatic heterocycles. The fraction of sp³-hybridized carbons (Fsp3) is 0.667. The zero-order valence-electron chi connectivity index (χ0n) is 7.89. The first-order valence-electron chi connectivity index (χ1n) is 4.02. The third kappa shape index (κ3) is 1.84. The first kappa shape index (κ1) is 9.23. The van der Waals surface area contributed by atoms with Crippen molar-refractivity contribution >= 4 is 0 Å².